The molecule has 1 aromatic heterocycles. The van der Waals surface area contributed by atoms with Crippen LogP contribution in [0.5, 0.6) is 0 Å². The summed E-state index contributed by atoms with van der Waals surface area (Å²) < 4.78 is 1.87. The summed E-state index contributed by atoms with van der Waals surface area (Å²) in [6.07, 6.45) is 0. The maximum atomic E-state index is 12.1. The van der Waals surface area contributed by atoms with E-state index < -0.39 is 0 Å². The molecule has 0 fully saturated rings. The van der Waals surface area contributed by atoms with Crippen LogP contribution in [0.3, 0.4) is 0 Å². The van der Waals surface area contributed by atoms with Crippen molar-refractivity contribution >= 4 is 29.1 Å². The number of nitrogens with one attached hydrogen (secondary N) is 1. The quantitative estimate of drug-likeness (QED) is 0.534. The molecule has 0 radical (unpaired) electrons. The van der Waals surface area contributed by atoms with Gasteiger partial charge < -0.3 is 9.88 Å². The molecule has 0 aliphatic heterocycles. The minimum atomic E-state index is -0.144. The number of nitrogens with zero attached hydrogens (tertiary/aromatic N) is 3. The van der Waals surface area contributed by atoms with Gasteiger partial charge in [0, 0.05) is 23.9 Å². The van der Waals surface area contributed by atoms with Gasteiger partial charge in [-0.2, -0.15) is 0 Å². The molecule has 0 saturated heterocycles. The fraction of sp³-hybridized carbons (Fsp3) is 0.158. The number of aromatic nitrogens is 3. The number of hydrogen-bond acceptors (Lipinski definition) is 5. The van der Waals surface area contributed by atoms with Gasteiger partial charge in [0.1, 0.15) is 0 Å². The predicted molar refractivity (Wildman–Crippen MR) is 102 cm³/mol. The van der Waals surface area contributed by atoms with E-state index in [4.69, 9.17) is 0 Å². The number of carbonyl (C=O) groups excluding carboxylic acids is 2. The molecule has 0 aliphatic rings. The number of carbonyl (C=O) groups is 2. The minimum Gasteiger partial charge on any atom is -0.325 e. The topological polar surface area (TPSA) is 76.9 Å². The van der Waals surface area contributed by atoms with E-state index >= 15 is 0 Å². The summed E-state index contributed by atoms with van der Waals surface area (Å²) in [5.74, 6) is 0.827. The zero-order valence-corrected chi connectivity index (χ0v) is 15.3. The SMILES string of the molecule is CC(=O)c1ccc(NC(=O)CSc2nnc(-c3ccccc3)n2C)cc1. The molecule has 0 unspecified atom stereocenters. The van der Waals surface area contributed by atoms with Crippen LogP contribution >= 0.6 is 11.8 Å². The van der Waals surface area contributed by atoms with Gasteiger partial charge in [-0.15, -0.1) is 10.2 Å². The van der Waals surface area contributed by atoms with Crippen molar-refractivity contribution in [2.45, 2.75) is 12.1 Å². The molecule has 3 rings (SSSR count). The molecular formula is C19H18N4O2S. The summed E-state index contributed by atoms with van der Waals surface area (Å²) in [5, 5.41) is 11.8. The average molecular weight is 366 g/mol. The van der Waals surface area contributed by atoms with E-state index in [0.29, 0.717) is 16.4 Å². The first-order valence-corrected chi connectivity index (χ1v) is 9.01. The number of rotatable bonds is 6. The lowest BCUT2D eigenvalue weighted by Gasteiger charge is -2.06. The number of anilines is 1. The Morgan fingerprint density at radius 3 is 2.38 bits per heavy atom. The normalized spacial score (nSPS) is 10.5. The third-order valence-electron chi connectivity index (χ3n) is 3.77. The fourth-order valence-corrected chi connectivity index (χ4v) is 3.11. The second-order valence-electron chi connectivity index (χ2n) is 5.70. The Kier molecular flexibility index (Phi) is 5.48. The fourth-order valence-electron chi connectivity index (χ4n) is 2.39. The van der Waals surface area contributed by atoms with Crippen molar-refractivity contribution in [3.63, 3.8) is 0 Å². The molecule has 7 heteroatoms. The highest BCUT2D eigenvalue weighted by molar-refractivity contribution is 7.99. The van der Waals surface area contributed by atoms with Crippen LogP contribution in [-0.4, -0.2) is 32.2 Å². The van der Waals surface area contributed by atoms with E-state index in [0.717, 1.165) is 11.4 Å². The lowest BCUT2D eigenvalue weighted by molar-refractivity contribution is -0.113. The van der Waals surface area contributed by atoms with Gasteiger partial charge in [0.2, 0.25) is 5.91 Å². The van der Waals surface area contributed by atoms with Crippen LogP contribution in [0.1, 0.15) is 17.3 Å². The molecular weight excluding hydrogens is 348 g/mol. The molecule has 132 valence electrons. The highest BCUT2D eigenvalue weighted by Crippen LogP contribution is 2.22. The smallest absolute Gasteiger partial charge is 0.234 e. The molecule has 0 atom stereocenters. The summed E-state index contributed by atoms with van der Waals surface area (Å²) in [7, 11) is 1.88. The third-order valence-corrected chi connectivity index (χ3v) is 4.79. The molecule has 2 aromatic carbocycles. The van der Waals surface area contributed by atoms with Crippen molar-refractivity contribution in [2.75, 3.05) is 11.1 Å². The molecule has 3 aromatic rings. The van der Waals surface area contributed by atoms with Gasteiger partial charge in [0.15, 0.2) is 16.8 Å². The number of hydrogen-bond donors (Lipinski definition) is 1. The number of amides is 1. The third kappa shape index (κ3) is 4.18. The van der Waals surface area contributed by atoms with Crippen LogP contribution in [0.2, 0.25) is 0 Å². The second-order valence-corrected chi connectivity index (χ2v) is 6.64. The van der Waals surface area contributed by atoms with E-state index in [1.165, 1.54) is 18.7 Å². The van der Waals surface area contributed by atoms with E-state index in [1.54, 1.807) is 24.3 Å². The van der Waals surface area contributed by atoms with E-state index in [-0.39, 0.29) is 17.4 Å². The highest BCUT2D eigenvalue weighted by atomic mass is 32.2. The van der Waals surface area contributed by atoms with Crippen molar-refractivity contribution < 1.29 is 9.59 Å². The Morgan fingerprint density at radius 1 is 1.04 bits per heavy atom. The van der Waals surface area contributed by atoms with Crippen LogP contribution in [0, 0.1) is 0 Å². The van der Waals surface area contributed by atoms with Crippen LogP contribution < -0.4 is 5.32 Å². The molecule has 0 bridgehead atoms. The number of Topliss-reactive ketones (excluding diaryl/α,β-unsaturated/α-hetero) is 1. The van der Waals surface area contributed by atoms with Gasteiger partial charge in [-0.3, -0.25) is 9.59 Å². The molecule has 26 heavy (non-hydrogen) atoms. The Labute approximate surface area is 155 Å². The van der Waals surface area contributed by atoms with Crippen LogP contribution in [0.15, 0.2) is 59.8 Å². The minimum absolute atomic E-state index is 0.00469. The van der Waals surface area contributed by atoms with Gasteiger partial charge in [0.25, 0.3) is 0 Å². The molecule has 0 aliphatic carbocycles. The molecule has 1 amide bonds. The monoisotopic (exact) mass is 366 g/mol. The Hall–Kier alpha value is -2.93. The van der Waals surface area contributed by atoms with Gasteiger partial charge in [-0.25, -0.2) is 0 Å². The highest BCUT2D eigenvalue weighted by Gasteiger charge is 2.13. The van der Waals surface area contributed by atoms with Gasteiger partial charge in [0.05, 0.1) is 5.75 Å². The Balaban J connectivity index is 1.60. The van der Waals surface area contributed by atoms with Crippen LogP contribution in [0.4, 0.5) is 5.69 Å². The molecule has 1 heterocycles. The van der Waals surface area contributed by atoms with Crippen molar-refractivity contribution in [3.8, 4) is 11.4 Å². The van der Waals surface area contributed by atoms with Crippen molar-refractivity contribution in [1.82, 2.24) is 14.8 Å². The average Bonchev–Trinajstić information content (AvgIpc) is 3.02. The van der Waals surface area contributed by atoms with Crippen molar-refractivity contribution in [3.05, 3.63) is 60.2 Å². The first kappa shape index (κ1) is 17.9. The summed E-state index contributed by atoms with van der Waals surface area (Å²) in [4.78, 5) is 23.4. The Morgan fingerprint density at radius 2 is 1.73 bits per heavy atom. The van der Waals surface area contributed by atoms with Gasteiger partial charge in [-0.1, -0.05) is 42.1 Å². The zero-order valence-electron chi connectivity index (χ0n) is 14.5. The predicted octanol–water partition coefficient (Wildman–Crippen LogP) is 3.42. The van der Waals surface area contributed by atoms with E-state index in [2.05, 4.69) is 15.5 Å². The number of thioether (sulfide) groups is 1. The largest absolute Gasteiger partial charge is 0.325 e. The summed E-state index contributed by atoms with van der Waals surface area (Å²) >= 11 is 1.32. The number of ketones is 1. The first-order valence-electron chi connectivity index (χ1n) is 8.03. The van der Waals surface area contributed by atoms with Gasteiger partial charge in [-0.05, 0) is 31.2 Å². The second kappa shape index (κ2) is 7.97. The summed E-state index contributed by atoms with van der Waals surface area (Å²) in [6.45, 7) is 1.51. The van der Waals surface area contributed by atoms with E-state index in [9.17, 15) is 9.59 Å². The maximum absolute atomic E-state index is 12.1. The van der Waals surface area contributed by atoms with Crippen LogP contribution in [-0.2, 0) is 11.8 Å². The summed E-state index contributed by atoms with van der Waals surface area (Å²) in [6, 6.07) is 16.6. The lowest BCUT2D eigenvalue weighted by atomic mass is 10.1. The molecule has 1 N–H and O–H groups in total. The van der Waals surface area contributed by atoms with Crippen LogP contribution in [0.25, 0.3) is 11.4 Å². The summed E-state index contributed by atoms with van der Waals surface area (Å²) in [5.41, 5.74) is 2.25. The Bertz CT molecular complexity index is 920. The number of benzene rings is 2. The maximum Gasteiger partial charge on any atom is 0.234 e. The molecule has 6 nitrogen and oxygen atoms in total. The zero-order chi connectivity index (χ0) is 18.5. The molecule has 0 spiro atoms. The molecule has 0 saturated carbocycles. The van der Waals surface area contributed by atoms with Gasteiger partial charge >= 0.3 is 0 Å². The standard InChI is InChI=1S/C19H18N4O2S/c1-13(24)14-8-10-16(11-9-14)20-17(25)12-26-19-22-21-18(23(19)2)15-6-4-3-5-7-15/h3-11H,12H2,1-2H3,(H,20,25). The van der Waals surface area contributed by atoms with Crippen molar-refractivity contribution in [1.29, 1.82) is 0 Å². The first-order chi connectivity index (χ1) is 12.5. The van der Waals surface area contributed by atoms with E-state index in [1.807, 2.05) is 41.9 Å². The lowest BCUT2D eigenvalue weighted by Crippen LogP contribution is -2.14. The van der Waals surface area contributed by atoms with Crippen molar-refractivity contribution in [2.24, 2.45) is 7.05 Å².